The van der Waals surface area contributed by atoms with Crippen molar-refractivity contribution in [1.82, 2.24) is 4.98 Å². The lowest BCUT2D eigenvalue weighted by Gasteiger charge is -2.37. The van der Waals surface area contributed by atoms with Crippen LogP contribution < -0.4 is 26.4 Å². The van der Waals surface area contributed by atoms with E-state index in [1.807, 2.05) is 4.90 Å². The Morgan fingerprint density at radius 3 is 2.23 bits per heavy atom. The van der Waals surface area contributed by atoms with E-state index in [9.17, 15) is 19.7 Å². The Morgan fingerprint density at radius 1 is 1.09 bits per heavy atom. The molecule has 1 fully saturated rings. The number of nitro groups is 1. The Bertz CT molecular complexity index is 786. The number of pyridine rings is 1. The molecule has 1 aliphatic heterocycles. The van der Waals surface area contributed by atoms with Gasteiger partial charge in [-0.15, -0.1) is 0 Å². The highest BCUT2D eigenvalue weighted by molar-refractivity contribution is 5.73. The number of hydrogen-bond donors (Lipinski definition) is 1. The van der Waals surface area contributed by atoms with Crippen molar-refractivity contribution in [2.75, 3.05) is 41.7 Å². The number of nitrogens with zero attached hydrogens (tertiary/aromatic N) is 4. The summed E-state index contributed by atoms with van der Waals surface area (Å²) in [5, 5.41) is 10.6. The average molecular weight is 303 g/mol. The molecule has 0 spiro atoms. The van der Waals surface area contributed by atoms with Gasteiger partial charge in [-0.2, -0.15) is 0 Å². The molecule has 0 saturated carbocycles. The first kappa shape index (κ1) is 14.0. The Hall–Kier alpha value is -2.97. The number of hydrogen-bond acceptors (Lipinski definition) is 8. The molecule has 0 amide bonds. The minimum absolute atomic E-state index is 0.0342. The fraction of sp³-hybridized carbons (Fsp3) is 0.308. The van der Waals surface area contributed by atoms with Gasteiger partial charge in [-0.1, -0.05) is 0 Å². The second-order valence-corrected chi connectivity index (χ2v) is 5.03. The largest absolute Gasteiger partial charge is 0.394 e. The lowest BCUT2D eigenvalue weighted by molar-refractivity contribution is -0.385. The smallest absolute Gasteiger partial charge is 0.287 e. The molecule has 0 radical (unpaired) electrons. The standard InChI is InChI=1S/C13H13N5O4/c14-10-11(13(20)12(10)19)17-5-3-16(4-6-17)9-2-1-8(7-15-9)18(21)22/h1-2,7H,3-6,14H2. The summed E-state index contributed by atoms with van der Waals surface area (Å²) in [6.45, 7) is 2.24. The van der Waals surface area contributed by atoms with Gasteiger partial charge in [-0.3, -0.25) is 19.7 Å². The van der Waals surface area contributed by atoms with Crippen molar-refractivity contribution in [3.05, 3.63) is 48.9 Å². The van der Waals surface area contributed by atoms with Crippen LogP contribution in [0, 0.1) is 10.1 Å². The predicted molar refractivity (Wildman–Crippen MR) is 81.1 cm³/mol. The van der Waals surface area contributed by atoms with Gasteiger partial charge in [0, 0.05) is 32.2 Å². The zero-order chi connectivity index (χ0) is 15.9. The number of nitrogen functional groups attached to an aromatic ring is 1. The summed E-state index contributed by atoms with van der Waals surface area (Å²) in [5.41, 5.74) is 4.70. The summed E-state index contributed by atoms with van der Waals surface area (Å²) in [4.78, 5) is 40.6. The number of piperazine rings is 1. The first-order chi connectivity index (χ1) is 10.5. The Balaban J connectivity index is 1.68. The van der Waals surface area contributed by atoms with E-state index >= 15 is 0 Å². The van der Waals surface area contributed by atoms with Gasteiger partial charge in [0.1, 0.15) is 23.4 Å². The number of anilines is 3. The van der Waals surface area contributed by atoms with Crippen LogP contribution in [0.15, 0.2) is 27.9 Å². The molecule has 22 heavy (non-hydrogen) atoms. The fourth-order valence-corrected chi connectivity index (χ4v) is 2.54. The SMILES string of the molecule is Nc1c(N2CCN(c3ccc([N+](=O)[O-])cn3)CC2)c(=O)c1=O. The molecule has 0 atom stereocenters. The van der Waals surface area contributed by atoms with Crippen molar-refractivity contribution in [2.24, 2.45) is 0 Å². The summed E-state index contributed by atoms with van der Waals surface area (Å²) in [5.74, 6) is 0.642. The van der Waals surface area contributed by atoms with Gasteiger partial charge >= 0.3 is 0 Å². The molecule has 0 bridgehead atoms. The van der Waals surface area contributed by atoms with Crippen LogP contribution in [-0.4, -0.2) is 36.1 Å². The van der Waals surface area contributed by atoms with E-state index in [1.165, 1.54) is 12.3 Å². The van der Waals surface area contributed by atoms with Gasteiger partial charge in [0.2, 0.25) is 0 Å². The monoisotopic (exact) mass is 303 g/mol. The maximum absolute atomic E-state index is 11.5. The molecule has 114 valence electrons. The summed E-state index contributed by atoms with van der Waals surface area (Å²) in [6.07, 6.45) is 1.22. The highest BCUT2D eigenvalue weighted by atomic mass is 16.6. The second kappa shape index (κ2) is 5.10. The third kappa shape index (κ3) is 2.16. The van der Waals surface area contributed by atoms with E-state index in [0.717, 1.165) is 0 Å². The van der Waals surface area contributed by atoms with Crippen LogP contribution in [0.25, 0.3) is 0 Å². The summed E-state index contributed by atoms with van der Waals surface area (Å²) in [7, 11) is 0. The van der Waals surface area contributed by atoms with Crippen molar-refractivity contribution in [3.8, 4) is 0 Å². The van der Waals surface area contributed by atoms with E-state index in [-0.39, 0.29) is 11.4 Å². The lowest BCUT2D eigenvalue weighted by Crippen LogP contribution is -2.51. The van der Waals surface area contributed by atoms with Crippen molar-refractivity contribution in [1.29, 1.82) is 0 Å². The molecule has 3 rings (SSSR count). The lowest BCUT2D eigenvalue weighted by atomic mass is 10.1. The van der Waals surface area contributed by atoms with E-state index in [4.69, 9.17) is 5.73 Å². The minimum atomic E-state index is -0.616. The molecule has 2 heterocycles. The minimum Gasteiger partial charge on any atom is -0.394 e. The number of rotatable bonds is 3. The molecule has 1 aromatic carbocycles. The van der Waals surface area contributed by atoms with Gasteiger partial charge < -0.3 is 15.5 Å². The quantitative estimate of drug-likeness (QED) is 0.457. The third-order valence-electron chi connectivity index (χ3n) is 3.78. The molecule has 9 nitrogen and oxygen atoms in total. The second-order valence-electron chi connectivity index (χ2n) is 5.03. The first-order valence-corrected chi connectivity index (χ1v) is 6.68. The summed E-state index contributed by atoms with van der Waals surface area (Å²) >= 11 is 0. The fourth-order valence-electron chi connectivity index (χ4n) is 2.54. The van der Waals surface area contributed by atoms with Crippen LogP contribution in [0.4, 0.5) is 22.9 Å². The van der Waals surface area contributed by atoms with Crippen LogP contribution in [0.2, 0.25) is 0 Å². The average Bonchev–Trinajstić information content (AvgIpc) is 2.55. The third-order valence-corrected chi connectivity index (χ3v) is 3.78. The highest BCUT2D eigenvalue weighted by Crippen LogP contribution is 2.21. The Morgan fingerprint density at radius 2 is 1.73 bits per heavy atom. The molecule has 0 aliphatic carbocycles. The maximum Gasteiger partial charge on any atom is 0.287 e. The van der Waals surface area contributed by atoms with E-state index in [0.29, 0.717) is 37.7 Å². The number of aromatic nitrogens is 1. The van der Waals surface area contributed by atoms with E-state index in [1.54, 1.807) is 11.0 Å². The molecule has 2 N–H and O–H groups in total. The molecular weight excluding hydrogens is 290 g/mol. The number of nitrogens with two attached hydrogens (primary N) is 1. The van der Waals surface area contributed by atoms with Crippen molar-refractivity contribution >= 4 is 22.9 Å². The zero-order valence-electron chi connectivity index (χ0n) is 11.6. The van der Waals surface area contributed by atoms with Crippen LogP contribution in [0.3, 0.4) is 0 Å². The molecule has 1 aromatic heterocycles. The maximum atomic E-state index is 11.5. The van der Waals surface area contributed by atoms with Gasteiger partial charge in [-0.05, 0) is 6.07 Å². The van der Waals surface area contributed by atoms with Crippen LogP contribution in [0.5, 0.6) is 0 Å². The van der Waals surface area contributed by atoms with Gasteiger partial charge in [0.05, 0.1) is 4.92 Å². The first-order valence-electron chi connectivity index (χ1n) is 6.68. The van der Waals surface area contributed by atoms with Gasteiger partial charge in [-0.25, -0.2) is 4.98 Å². The normalized spacial score (nSPS) is 15.3. The predicted octanol–water partition coefficient (Wildman–Crippen LogP) is -0.505. The van der Waals surface area contributed by atoms with Crippen molar-refractivity contribution in [2.45, 2.75) is 0 Å². The zero-order valence-corrected chi connectivity index (χ0v) is 11.6. The molecular formula is C13H13N5O4. The van der Waals surface area contributed by atoms with Crippen LogP contribution >= 0.6 is 0 Å². The molecule has 9 heteroatoms. The molecule has 1 aliphatic rings. The van der Waals surface area contributed by atoms with Crippen LogP contribution in [0.1, 0.15) is 0 Å². The molecule has 1 saturated heterocycles. The Labute approximate surface area is 124 Å². The van der Waals surface area contributed by atoms with E-state index < -0.39 is 15.8 Å². The topological polar surface area (TPSA) is 123 Å². The van der Waals surface area contributed by atoms with Crippen molar-refractivity contribution < 1.29 is 4.92 Å². The summed E-state index contributed by atoms with van der Waals surface area (Å²) in [6, 6.07) is 3.00. The van der Waals surface area contributed by atoms with Crippen LogP contribution in [-0.2, 0) is 0 Å². The van der Waals surface area contributed by atoms with E-state index in [2.05, 4.69) is 4.98 Å². The van der Waals surface area contributed by atoms with Gasteiger partial charge in [0.15, 0.2) is 0 Å². The molecule has 2 aromatic rings. The Kier molecular flexibility index (Phi) is 3.24. The van der Waals surface area contributed by atoms with Crippen molar-refractivity contribution in [3.63, 3.8) is 0 Å². The molecule has 0 unspecified atom stereocenters. The summed E-state index contributed by atoms with van der Waals surface area (Å²) < 4.78 is 0. The van der Waals surface area contributed by atoms with Gasteiger partial charge in [0.25, 0.3) is 16.5 Å². The highest BCUT2D eigenvalue weighted by Gasteiger charge is 2.27.